The van der Waals surface area contributed by atoms with Crippen LogP contribution in [0.4, 0.5) is 0 Å². The molecule has 1 atom stereocenters. The molecular weight excluding hydrogens is 258 g/mol. The van der Waals surface area contributed by atoms with Crippen molar-refractivity contribution in [1.82, 2.24) is 4.90 Å². The lowest BCUT2D eigenvalue weighted by Crippen LogP contribution is -2.33. The van der Waals surface area contributed by atoms with Gasteiger partial charge in [0.25, 0.3) is 0 Å². The third kappa shape index (κ3) is 2.75. The maximum atomic E-state index is 12.1. The molecule has 0 saturated heterocycles. The van der Waals surface area contributed by atoms with Gasteiger partial charge in [-0.05, 0) is 29.2 Å². The largest absolute Gasteiger partial charge is 0.338 e. The first-order valence-electron chi connectivity index (χ1n) is 7.33. The molecule has 0 N–H and O–H groups in total. The van der Waals surface area contributed by atoms with E-state index < -0.39 is 0 Å². The number of amides is 1. The molecule has 2 nitrogen and oxygen atoms in total. The lowest BCUT2D eigenvalue weighted by atomic mass is 9.88. The summed E-state index contributed by atoms with van der Waals surface area (Å²) in [6.45, 7) is 5.09. The number of benzene rings is 2. The minimum absolute atomic E-state index is 0.0173. The molecule has 106 valence electrons. The smallest absolute Gasteiger partial charge is 0.245 e. The van der Waals surface area contributed by atoms with Crippen molar-refractivity contribution in [1.29, 1.82) is 0 Å². The molecule has 2 heteroatoms. The van der Waals surface area contributed by atoms with E-state index in [0.717, 1.165) is 13.0 Å². The Morgan fingerprint density at radius 1 is 1.10 bits per heavy atom. The Balaban J connectivity index is 2.04. The van der Waals surface area contributed by atoms with Crippen molar-refractivity contribution in [3.8, 4) is 0 Å². The van der Waals surface area contributed by atoms with Crippen molar-refractivity contribution in [3.05, 3.63) is 83.9 Å². The zero-order valence-corrected chi connectivity index (χ0v) is 12.0. The highest BCUT2D eigenvalue weighted by atomic mass is 16.2. The molecule has 0 fully saturated rings. The van der Waals surface area contributed by atoms with Crippen LogP contribution in [-0.4, -0.2) is 23.9 Å². The van der Waals surface area contributed by atoms with E-state index in [2.05, 4.69) is 55.1 Å². The van der Waals surface area contributed by atoms with E-state index in [9.17, 15) is 4.79 Å². The molecule has 0 bridgehead atoms. The van der Waals surface area contributed by atoms with Gasteiger partial charge in [-0.3, -0.25) is 4.79 Å². The predicted octanol–water partition coefficient (Wildman–Crippen LogP) is 3.39. The Bertz CT molecular complexity index is 648. The number of hydrogen-bond donors (Lipinski definition) is 0. The summed E-state index contributed by atoms with van der Waals surface area (Å²) in [4.78, 5) is 14.0. The molecule has 1 aliphatic rings. The van der Waals surface area contributed by atoms with E-state index in [-0.39, 0.29) is 11.8 Å². The quantitative estimate of drug-likeness (QED) is 0.771. The third-order valence-electron chi connectivity index (χ3n) is 4.17. The van der Waals surface area contributed by atoms with Gasteiger partial charge in [0.1, 0.15) is 0 Å². The van der Waals surface area contributed by atoms with Crippen molar-refractivity contribution >= 4 is 5.91 Å². The Kier molecular flexibility index (Phi) is 3.87. The van der Waals surface area contributed by atoms with Crippen molar-refractivity contribution in [3.63, 3.8) is 0 Å². The van der Waals surface area contributed by atoms with Crippen LogP contribution in [0.3, 0.4) is 0 Å². The molecule has 0 aliphatic carbocycles. The normalized spacial score (nSPS) is 17.7. The first-order valence-corrected chi connectivity index (χ1v) is 7.33. The second-order valence-electron chi connectivity index (χ2n) is 5.40. The number of carbonyl (C=O) groups is 1. The summed E-state index contributed by atoms with van der Waals surface area (Å²) in [5, 5.41) is 0. The van der Waals surface area contributed by atoms with Gasteiger partial charge in [-0.1, -0.05) is 61.2 Å². The molecule has 0 radical (unpaired) electrons. The van der Waals surface area contributed by atoms with Gasteiger partial charge in [-0.15, -0.1) is 0 Å². The van der Waals surface area contributed by atoms with Crippen LogP contribution in [-0.2, 0) is 11.2 Å². The van der Waals surface area contributed by atoms with Gasteiger partial charge in [0.2, 0.25) is 5.91 Å². The van der Waals surface area contributed by atoms with Crippen LogP contribution in [0.25, 0.3) is 0 Å². The van der Waals surface area contributed by atoms with E-state index in [1.54, 1.807) is 0 Å². The zero-order chi connectivity index (χ0) is 14.7. The summed E-state index contributed by atoms with van der Waals surface area (Å²) in [5.74, 6) is 0.248. The van der Waals surface area contributed by atoms with Crippen LogP contribution in [0.5, 0.6) is 0 Å². The fourth-order valence-corrected chi connectivity index (χ4v) is 3.07. The number of fused-ring (bicyclic) bond motifs is 1. The van der Waals surface area contributed by atoms with Gasteiger partial charge in [0.15, 0.2) is 0 Å². The van der Waals surface area contributed by atoms with Gasteiger partial charge in [0.05, 0.1) is 0 Å². The van der Waals surface area contributed by atoms with Crippen LogP contribution in [0.2, 0.25) is 0 Å². The fraction of sp³-hybridized carbons (Fsp3) is 0.211. The molecule has 2 aromatic rings. The van der Waals surface area contributed by atoms with Crippen LogP contribution in [0, 0.1) is 0 Å². The van der Waals surface area contributed by atoms with E-state index in [4.69, 9.17) is 0 Å². The topological polar surface area (TPSA) is 20.3 Å². The molecule has 0 aromatic heterocycles. The van der Waals surface area contributed by atoms with Crippen molar-refractivity contribution in [2.75, 3.05) is 13.1 Å². The maximum Gasteiger partial charge on any atom is 0.245 e. The van der Waals surface area contributed by atoms with Crippen LogP contribution in [0.1, 0.15) is 22.6 Å². The number of rotatable bonds is 2. The average molecular weight is 277 g/mol. The molecular formula is C19H19NO. The minimum Gasteiger partial charge on any atom is -0.338 e. The summed E-state index contributed by atoms with van der Waals surface area (Å²) in [6.07, 6.45) is 2.32. The van der Waals surface area contributed by atoms with Gasteiger partial charge in [-0.2, -0.15) is 0 Å². The molecule has 3 rings (SSSR count). The molecule has 0 spiro atoms. The van der Waals surface area contributed by atoms with Crippen molar-refractivity contribution < 1.29 is 4.79 Å². The van der Waals surface area contributed by atoms with Crippen LogP contribution in [0.15, 0.2) is 67.3 Å². The van der Waals surface area contributed by atoms with Crippen LogP contribution < -0.4 is 0 Å². The summed E-state index contributed by atoms with van der Waals surface area (Å²) in [5.41, 5.74) is 3.93. The molecule has 0 unspecified atom stereocenters. The Hall–Kier alpha value is -2.35. The highest BCUT2D eigenvalue weighted by Gasteiger charge is 2.25. The second-order valence-corrected chi connectivity index (χ2v) is 5.40. The van der Waals surface area contributed by atoms with Gasteiger partial charge in [-0.25, -0.2) is 0 Å². The second kappa shape index (κ2) is 5.96. The lowest BCUT2D eigenvalue weighted by molar-refractivity contribution is -0.126. The van der Waals surface area contributed by atoms with Gasteiger partial charge >= 0.3 is 0 Å². The van der Waals surface area contributed by atoms with Crippen LogP contribution >= 0.6 is 0 Å². The zero-order valence-electron chi connectivity index (χ0n) is 12.0. The SMILES string of the molecule is C=CC(=O)N1CCc2ccccc2[C@@H](c2ccccc2)C1. The first-order chi connectivity index (χ1) is 10.3. The molecule has 1 aliphatic heterocycles. The Labute approximate surface area is 125 Å². The van der Waals surface area contributed by atoms with Crippen molar-refractivity contribution in [2.45, 2.75) is 12.3 Å². The molecule has 2 aromatic carbocycles. The average Bonchev–Trinajstić information content (AvgIpc) is 2.75. The van der Waals surface area contributed by atoms with Gasteiger partial charge in [0, 0.05) is 19.0 Å². The fourth-order valence-electron chi connectivity index (χ4n) is 3.07. The summed E-state index contributed by atoms with van der Waals surface area (Å²) >= 11 is 0. The summed E-state index contributed by atoms with van der Waals surface area (Å²) < 4.78 is 0. The Morgan fingerprint density at radius 2 is 1.81 bits per heavy atom. The summed E-state index contributed by atoms with van der Waals surface area (Å²) in [7, 11) is 0. The minimum atomic E-state index is 0.0173. The molecule has 1 amide bonds. The molecule has 0 saturated carbocycles. The molecule has 21 heavy (non-hydrogen) atoms. The number of carbonyl (C=O) groups excluding carboxylic acids is 1. The third-order valence-corrected chi connectivity index (χ3v) is 4.17. The van der Waals surface area contributed by atoms with E-state index in [1.165, 1.54) is 22.8 Å². The first kappa shape index (κ1) is 13.6. The summed E-state index contributed by atoms with van der Waals surface area (Å²) in [6, 6.07) is 18.9. The molecule has 1 heterocycles. The highest BCUT2D eigenvalue weighted by molar-refractivity contribution is 5.87. The van der Waals surface area contributed by atoms with E-state index >= 15 is 0 Å². The number of hydrogen-bond acceptors (Lipinski definition) is 1. The van der Waals surface area contributed by atoms with Gasteiger partial charge < -0.3 is 4.90 Å². The lowest BCUT2D eigenvalue weighted by Gasteiger charge is -2.24. The number of nitrogens with zero attached hydrogens (tertiary/aromatic N) is 1. The Morgan fingerprint density at radius 3 is 2.57 bits per heavy atom. The maximum absolute atomic E-state index is 12.1. The standard InChI is InChI=1S/C19H19NO/c1-2-19(21)20-13-12-16-10-6-7-11-17(16)18(14-20)15-8-4-3-5-9-15/h2-11,18H,1,12-14H2/t18-/m1/s1. The highest BCUT2D eigenvalue weighted by Crippen LogP contribution is 2.31. The predicted molar refractivity (Wildman–Crippen MR) is 85.2 cm³/mol. The monoisotopic (exact) mass is 277 g/mol. The van der Waals surface area contributed by atoms with Crippen molar-refractivity contribution in [2.24, 2.45) is 0 Å². The van der Waals surface area contributed by atoms with E-state index in [1.807, 2.05) is 11.0 Å². The van der Waals surface area contributed by atoms with E-state index in [0.29, 0.717) is 6.54 Å².